The predicted molar refractivity (Wildman–Crippen MR) is 84.7 cm³/mol. The number of piperazine rings is 1. The molecule has 1 unspecified atom stereocenters. The van der Waals surface area contributed by atoms with Gasteiger partial charge in [-0.15, -0.1) is 12.4 Å². The zero-order valence-electron chi connectivity index (χ0n) is 13.2. The highest BCUT2D eigenvalue weighted by atomic mass is 35.5. The fraction of sp³-hybridized carbons (Fsp3) is 0.786. The zero-order chi connectivity index (χ0) is 15.4. The van der Waals surface area contributed by atoms with Crippen molar-refractivity contribution in [2.75, 3.05) is 46.3 Å². The Balaban J connectivity index is 0.00000242. The van der Waals surface area contributed by atoms with Crippen LogP contribution in [0.4, 0.5) is 0 Å². The Bertz CT molecular complexity index is 432. The molecule has 22 heavy (non-hydrogen) atoms. The minimum atomic E-state index is -0.116. The fourth-order valence-corrected chi connectivity index (χ4v) is 2.86. The van der Waals surface area contributed by atoms with E-state index in [0.717, 1.165) is 19.4 Å². The summed E-state index contributed by atoms with van der Waals surface area (Å²) in [6.07, 6.45) is 1.84. The first-order chi connectivity index (χ1) is 9.99. The summed E-state index contributed by atoms with van der Waals surface area (Å²) in [5.74, 6) is -0.0458. The summed E-state index contributed by atoms with van der Waals surface area (Å²) in [6.45, 7) is 4.75. The van der Waals surface area contributed by atoms with E-state index in [9.17, 15) is 14.4 Å². The Morgan fingerprint density at radius 3 is 2.73 bits per heavy atom. The van der Waals surface area contributed by atoms with Gasteiger partial charge in [0.2, 0.25) is 17.7 Å². The molecular weight excluding hydrogens is 308 g/mol. The molecule has 0 saturated carbocycles. The molecule has 2 aliphatic heterocycles. The lowest BCUT2D eigenvalue weighted by Gasteiger charge is -2.41. The number of likely N-dealkylation sites (N-methyl/N-ethyl adjacent to an activating group) is 1. The van der Waals surface area contributed by atoms with Gasteiger partial charge in [-0.1, -0.05) is 0 Å². The number of nitrogens with one attached hydrogen (secondary N) is 1. The van der Waals surface area contributed by atoms with Gasteiger partial charge in [-0.2, -0.15) is 0 Å². The Morgan fingerprint density at radius 1 is 1.36 bits per heavy atom. The van der Waals surface area contributed by atoms with Gasteiger partial charge in [0.1, 0.15) is 0 Å². The van der Waals surface area contributed by atoms with E-state index in [0.29, 0.717) is 26.2 Å². The molecule has 2 aliphatic rings. The molecule has 2 fully saturated rings. The number of hydrogen-bond acceptors (Lipinski definition) is 4. The second-order valence-electron chi connectivity index (χ2n) is 5.77. The molecule has 0 bridgehead atoms. The predicted octanol–water partition coefficient (Wildman–Crippen LogP) is -0.691. The van der Waals surface area contributed by atoms with Crippen LogP contribution < -0.4 is 5.32 Å². The van der Waals surface area contributed by atoms with Crippen molar-refractivity contribution in [1.82, 2.24) is 20.0 Å². The molecule has 2 saturated heterocycles. The molecule has 1 N–H and O–H groups in total. The van der Waals surface area contributed by atoms with Crippen molar-refractivity contribution < 1.29 is 14.4 Å². The molecule has 7 nitrogen and oxygen atoms in total. The molecule has 0 aromatic heterocycles. The Hall–Kier alpha value is -1.34. The van der Waals surface area contributed by atoms with E-state index >= 15 is 0 Å². The summed E-state index contributed by atoms with van der Waals surface area (Å²) in [5.41, 5.74) is 0. The number of rotatable bonds is 3. The zero-order valence-corrected chi connectivity index (χ0v) is 14.0. The quantitative estimate of drug-likeness (QED) is 0.742. The maximum absolute atomic E-state index is 12.2. The van der Waals surface area contributed by atoms with Crippen LogP contribution in [-0.4, -0.2) is 84.8 Å². The number of amides is 3. The fourth-order valence-electron chi connectivity index (χ4n) is 2.86. The van der Waals surface area contributed by atoms with Crippen molar-refractivity contribution in [3.63, 3.8) is 0 Å². The van der Waals surface area contributed by atoms with E-state index in [1.165, 1.54) is 11.8 Å². The summed E-state index contributed by atoms with van der Waals surface area (Å²) in [6, 6.07) is 0.111. The summed E-state index contributed by atoms with van der Waals surface area (Å²) in [4.78, 5) is 40.5. The molecule has 3 amide bonds. The van der Waals surface area contributed by atoms with Crippen molar-refractivity contribution in [2.24, 2.45) is 0 Å². The Labute approximate surface area is 137 Å². The van der Waals surface area contributed by atoms with Crippen LogP contribution in [-0.2, 0) is 14.4 Å². The third kappa shape index (κ3) is 4.58. The third-order valence-electron chi connectivity index (χ3n) is 4.23. The van der Waals surface area contributed by atoms with Crippen molar-refractivity contribution >= 4 is 30.1 Å². The Morgan fingerprint density at radius 2 is 2.09 bits per heavy atom. The van der Waals surface area contributed by atoms with Crippen LogP contribution in [0.3, 0.4) is 0 Å². The second-order valence-corrected chi connectivity index (χ2v) is 5.77. The first-order valence-corrected chi connectivity index (χ1v) is 7.48. The topological polar surface area (TPSA) is 73.0 Å². The number of halogens is 1. The normalized spacial score (nSPS) is 22.1. The summed E-state index contributed by atoms with van der Waals surface area (Å²) in [7, 11) is 1.63. The molecule has 0 aliphatic carbocycles. The number of likely N-dealkylation sites (tertiary alicyclic amines) is 1. The summed E-state index contributed by atoms with van der Waals surface area (Å²) < 4.78 is 0. The SMILES string of the molecule is CC(=O)N(C)CC(=O)N1CCCC(N2CCNCC2=O)C1.Cl. The summed E-state index contributed by atoms with van der Waals surface area (Å²) in [5, 5.41) is 3.06. The minimum absolute atomic E-state index is 0. The first kappa shape index (κ1) is 18.7. The largest absolute Gasteiger partial charge is 0.339 e. The lowest BCUT2D eigenvalue weighted by molar-refractivity contribution is -0.142. The third-order valence-corrected chi connectivity index (χ3v) is 4.23. The van der Waals surface area contributed by atoms with E-state index in [-0.39, 0.29) is 42.7 Å². The molecule has 0 aromatic carbocycles. The van der Waals surface area contributed by atoms with Crippen molar-refractivity contribution in [1.29, 1.82) is 0 Å². The lowest BCUT2D eigenvalue weighted by atomic mass is 10.0. The van der Waals surface area contributed by atoms with Crippen LogP contribution in [0.1, 0.15) is 19.8 Å². The van der Waals surface area contributed by atoms with Crippen LogP contribution in [0.5, 0.6) is 0 Å². The standard InChI is InChI=1S/C14H24N4O3.ClH/c1-11(19)16(2)10-14(21)17-6-3-4-12(9-17)18-7-5-15-8-13(18)20;/h12,15H,3-10H2,1-2H3;1H. The van der Waals surface area contributed by atoms with E-state index < -0.39 is 0 Å². The van der Waals surface area contributed by atoms with Crippen LogP contribution in [0.2, 0.25) is 0 Å². The van der Waals surface area contributed by atoms with Gasteiger partial charge >= 0.3 is 0 Å². The van der Waals surface area contributed by atoms with Crippen LogP contribution >= 0.6 is 12.4 Å². The first-order valence-electron chi connectivity index (χ1n) is 7.48. The molecule has 126 valence electrons. The van der Waals surface area contributed by atoms with Gasteiger partial charge in [0, 0.05) is 46.2 Å². The van der Waals surface area contributed by atoms with Gasteiger partial charge in [0.15, 0.2) is 0 Å². The average Bonchev–Trinajstić information content (AvgIpc) is 2.47. The molecule has 2 heterocycles. The summed E-state index contributed by atoms with van der Waals surface area (Å²) >= 11 is 0. The highest BCUT2D eigenvalue weighted by molar-refractivity contribution is 5.85. The highest BCUT2D eigenvalue weighted by Gasteiger charge is 2.31. The van der Waals surface area contributed by atoms with Crippen molar-refractivity contribution in [3.05, 3.63) is 0 Å². The highest BCUT2D eigenvalue weighted by Crippen LogP contribution is 2.17. The molecule has 0 spiro atoms. The maximum Gasteiger partial charge on any atom is 0.242 e. The number of nitrogens with zero attached hydrogens (tertiary/aromatic N) is 3. The Kier molecular flexibility index (Phi) is 7.09. The van der Waals surface area contributed by atoms with Gasteiger partial charge in [0.25, 0.3) is 0 Å². The average molecular weight is 333 g/mol. The monoisotopic (exact) mass is 332 g/mol. The van der Waals surface area contributed by atoms with E-state index in [4.69, 9.17) is 0 Å². The molecule has 8 heteroatoms. The van der Waals surface area contributed by atoms with Gasteiger partial charge < -0.3 is 20.0 Å². The smallest absolute Gasteiger partial charge is 0.242 e. The number of carbonyl (C=O) groups excluding carboxylic acids is 3. The molecule has 1 atom stereocenters. The van der Waals surface area contributed by atoms with Gasteiger partial charge in [-0.25, -0.2) is 0 Å². The van der Waals surface area contributed by atoms with Gasteiger partial charge in [0.05, 0.1) is 13.1 Å². The molecule has 0 aromatic rings. The number of piperidine rings is 1. The van der Waals surface area contributed by atoms with E-state index in [1.54, 1.807) is 11.9 Å². The lowest BCUT2D eigenvalue weighted by Crippen LogP contribution is -2.58. The van der Waals surface area contributed by atoms with Crippen LogP contribution in [0.25, 0.3) is 0 Å². The molecule has 2 rings (SSSR count). The number of carbonyl (C=O) groups is 3. The van der Waals surface area contributed by atoms with Gasteiger partial charge in [-0.3, -0.25) is 14.4 Å². The van der Waals surface area contributed by atoms with E-state index in [1.807, 2.05) is 4.90 Å². The number of hydrogen-bond donors (Lipinski definition) is 1. The van der Waals surface area contributed by atoms with Crippen LogP contribution in [0, 0.1) is 0 Å². The molecular formula is C14H25ClN4O3. The second kappa shape index (κ2) is 8.33. The minimum Gasteiger partial charge on any atom is -0.339 e. The van der Waals surface area contributed by atoms with Crippen molar-refractivity contribution in [3.8, 4) is 0 Å². The maximum atomic E-state index is 12.2. The molecule has 0 radical (unpaired) electrons. The van der Waals surface area contributed by atoms with Crippen LogP contribution in [0.15, 0.2) is 0 Å². The van der Waals surface area contributed by atoms with E-state index in [2.05, 4.69) is 5.32 Å². The van der Waals surface area contributed by atoms with Gasteiger partial charge in [-0.05, 0) is 12.8 Å². The van der Waals surface area contributed by atoms with Crippen molar-refractivity contribution in [2.45, 2.75) is 25.8 Å².